The van der Waals surface area contributed by atoms with Gasteiger partial charge in [-0.15, -0.1) is 11.3 Å². The first-order valence-electron chi connectivity index (χ1n) is 8.74. The second-order valence-electron chi connectivity index (χ2n) is 6.27. The fourth-order valence-corrected chi connectivity index (χ4v) is 4.09. The number of hydrogen-bond acceptors (Lipinski definition) is 4. The van der Waals surface area contributed by atoms with Gasteiger partial charge in [0, 0.05) is 12.1 Å². The van der Waals surface area contributed by atoms with Crippen LogP contribution in [0.15, 0.2) is 40.3 Å². The molecule has 7 heteroatoms. The molecular weight excluding hydrogens is 426 g/mol. The van der Waals surface area contributed by atoms with Gasteiger partial charge < -0.3 is 10.1 Å². The smallest absolute Gasteiger partial charge is 0.261 e. The van der Waals surface area contributed by atoms with Crippen LogP contribution in [0.1, 0.15) is 39.0 Å². The zero-order valence-corrected chi connectivity index (χ0v) is 18.0. The largest absolute Gasteiger partial charge is 0.488 e. The van der Waals surface area contributed by atoms with E-state index in [-0.39, 0.29) is 5.91 Å². The maximum Gasteiger partial charge on any atom is 0.261 e. The lowest BCUT2D eigenvalue weighted by Crippen LogP contribution is -2.23. The topological polar surface area (TPSA) is 56.2 Å². The molecule has 1 amide bonds. The summed E-state index contributed by atoms with van der Waals surface area (Å²) in [6, 6.07) is 7.98. The molecule has 0 aliphatic carbocycles. The number of halogens is 1. The molecule has 3 rings (SSSR count). The summed E-state index contributed by atoms with van der Waals surface area (Å²) in [5.41, 5.74) is 4.18. The van der Waals surface area contributed by atoms with Crippen LogP contribution in [-0.4, -0.2) is 15.7 Å². The summed E-state index contributed by atoms with van der Waals surface area (Å²) in [7, 11) is 0. The van der Waals surface area contributed by atoms with E-state index in [0.29, 0.717) is 18.0 Å². The van der Waals surface area contributed by atoms with Crippen LogP contribution in [0.4, 0.5) is 0 Å². The summed E-state index contributed by atoms with van der Waals surface area (Å²) in [4.78, 5) is 13.1. The van der Waals surface area contributed by atoms with Gasteiger partial charge in [-0.25, -0.2) is 0 Å². The van der Waals surface area contributed by atoms with Gasteiger partial charge in [0.15, 0.2) is 0 Å². The van der Waals surface area contributed by atoms with Crippen molar-refractivity contribution in [3.63, 3.8) is 0 Å². The molecule has 0 saturated carbocycles. The number of nitrogens with zero attached hydrogens (tertiary/aromatic N) is 2. The highest BCUT2D eigenvalue weighted by Crippen LogP contribution is 2.24. The molecule has 0 atom stereocenters. The number of carbonyl (C=O) groups excluding carboxylic acids is 1. The van der Waals surface area contributed by atoms with Crippen LogP contribution in [0.25, 0.3) is 0 Å². The van der Waals surface area contributed by atoms with Crippen molar-refractivity contribution in [3.8, 4) is 5.75 Å². The Labute approximate surface area is 171 Å². The van der Waals surface area contributed by atoms with Gasteiger partial charge in [0.25, 0.3) is 5.91 Å². The van der Waals surface area contributed by atoms with E-state index in [1.54, 1.807) is 6.20 Å². The Bertz CT molecular complexity index is 928. The number of aryl methyl sites for hydroxylation is 3. The molecule has 0 saturated heterocycles. The second-order valence-corrected chi connectivity index (χ2v) is 8.03. The summed E-state index contributed by atoms with van der Waals surface area (Å²) < 4.78 is 8.73. The highest BCUT2D eigenvalue weighted by Gasteiger charge is 2.13. The molecule has 2 heterocycles. The van der Waals surface area contributed by atoms with E-state index in [0.717, 1.165) is 39.2 Å². The lowest BCUT2D eigenvalue weighted by atomic mass is 10.1. The molecule has 1 N–H and O–H groups in total. The van der Waals surface area contributed by atoms with Crippen LogP contribution < -0.4 is 10.1 Å². The number of ether oxygens (including phenoxy) is 1. The molecule has 0 unspecified atom stereocenters. The number of thiophene rings is 1. The Morgan fingerprint density at radius 1 is 1.33 bits per heavy atom. The Morgan fingerprint density at radius 2 is 2.07 bits per heavy atom. The molecule has 1 aromatic carbocycles. The third-order valence-electron chi connectivity index (χ3n) is 4.28. The Morgan fingerprint density at radius 3 is 2.78 bits per heavy atom. The van der Waals surface area contributed by atoms with E-state index in [9.17, 15) is 4.79 Å². The lowest BCUT2D eigenvalue weighted by Gasteiger charge is -2.11. The van der Waals surface area contributed by atoms with Crippen LogP contribution in [-0.2, 0) is 19.7 Å². The Balaban J connectivity index is 1.60. The number of carbonyl (C=O) groups is 1. The first-order chi connectivity index (χ1) is 13.0. The molecule has 3 aromatic rings. The van der Waals surface area contributed by atoms with E-state index >= 15 is 0 Å². The van der Waals surface area contributed by atoms with Gasteiger partial charge in [-0.3, -0.25) is 9.48 Å². The summed E-state index contributed by atoms with van der Waals surface area (Å²) in [5.74, 6) is 0.821. The third-order valence-corrected chi connectivity index (χ3v) is 5.92. The number of nitrogens with one attached hydrogen (secondary N) is 1. The molecule has 27 heavy (non-hydrogen) atoms. The number of amides is 1. The summed E-state index contributed by atoms with van der Waals surface area (Å²) >= 11 is 4.90. The van der Waals surface area contributed by atoms with Gasteiger partial charge in [-0.2, -0.15) is 5.10 Å². The highest BCUT2D eigenvalue weighted by atomic mass is 79.9. The number of aromatic nitrogens is 2. The Hall–Kier alpha value is -2.12. The van der Waals surface area contributed by atoms with Crippen molar-refractivity contribution in [1.82, 2.24) is 15.1 Å². The van der Waals surface area contributed by atoms with Crippen LogP contribution in [0.5, 0.6) is 5.75 Å². The predicted molar refractivity (Wildman–Crippen MR) is 111 cm³/mol. The molecule has 0 aliphatic heterocycles. The fourth-order valence-electron chi connectivity index (χ4n) is 2.84. The van der Waals surface area contributed by atoms with Crippen LogP contribution >= 0.6 is 27.3 Å². The van der Waals surface area contributed by atoms with Crippen molar-refractivity contribution in [2.45, 2.75) is 40.5 Å². The van der Waals surface area contributed by atoms with Gasteiger partial charge >= 0.3 is 0 Å². The van der Waals surface area contributed by atoms with E-state index in [4.69, 9.17) is 4.74 Å². The molecule has 142 valence electrons. The monoisotopic (exact) mass is 447 g/mol. The van der Waals surface area contributed by atoms with Gasteiger partial charge in [-0.05, 0) is 59.3 Å². The summed E-state index contributed by atoms with van der Waals surface area (Å²) in [5, 5.41) is 9.19. The highest BCUT2D eigenvalue weighted by molar-refractivity contribution is 9.10. The normalized spacial score (nSPS) is 10.8. The van der Waals surface area contributed by atoms with Gasteiger partial charge in [0.05, 0.1) is 27.8 Å². The quantitative estimate of drug-likeness (QED) is 0.562. The molecule has 0 radical (unpaired) electrons. The van der Waals surface area contributed by atoms with Crippen molar-refractivity contribution in [1.29, 1.82) is 0 Å². The Kier molecular flexibility index (Phi) is 6.34. The number of para-hydroxylation sites is 1. The SMILES string of the molecule is CCn1ncc(Br)c1CNC(=O)c1cc(COc2c(C)cccc2C)cs1. The molecule has 0 spiro atoms. The average Bonchev–Trinajstić information content (AvgIpc) is 3.26. The van der Waals surface area contributed by atoms with Gasteiger partial charge in [-0.1, -0.05) is 18.2 Å². The molecular formula is C20H22BrN3O2S. The minimum absolute atomic E-state index is 0.0888. The van der Waals surface area contributed by atoms with E-state index in [1.165, 1.54) is 11.3 Å². The number of hydrogen-bond donors (Lipinski definition) is 1. The third kappa shape index (κ3) is 4.59. The maximum atomic E-state index is 12.5. The first kappa shape index (κ1) is 19.6. The van der Waals surface area contributed by atoms with E-state index < -0.39 is 0 Å². The van der Waals surface area contributed by atoms with Crippen molar-refractivity contribution in [3.05, 3.63) is 67.6 Å². The molecule has 0 fully saturated rings. The zero-order valence-electron chi connectivity index (χ0n) is 15.6. The number of rotatable bonds is 7. The summed E-state index contributed by atoms with van der Waals surface area (Å²) in [6.07, 6.45) is 1.75. The standard InChI is InChI=1S/C20H22BrN3O2S/c1-4-24-17(16(21)9-23-24)10-22-20(25)18-8-15(12-27-18)11-26-19-13(2)6-5-7-14(19)3/h5-9,12H,4,10-11H2,1-3H3,(H,22,25). The molecule has 5 nitrogen and oxygen atoms in total. The number of benzene rings is 1. The van der Waals surface area contributed by atoms with Crippen molar-refractivity contribution >= 4 is 33.2 Å². The van der Waals surface area contributed by atoms with E-state index in [2.05, 4.69) is 26.3 Å². The van der Waals surface area contributed by atoms with Crippen molar-refractivity contribution < 1.29 is 9.53 Å². The van der Waals surface area contributed by atoms with Crippen molar-refractivity contribution in [2.24, 2.45) is 0 Å². The van der Waals surface area contributed by atoms with Crippen LogP contribution in [0.2, 0.25) is 0 Å². The van der Waals surface area contributed by atoms with Crippen LogP contribution in [0, 0.1) is 13.8 Å². The maximum absolute atomic E-state index is 12.5. The lowest BCUT2D eigenvalue weighted by molar-refractivity contribution is 0.0954. The van der Waals surface area contributed by atoms with Crippen LogP contribution in [0.3, 0.4) is 0 Å². The first-order valence-corrected chi connectivity index (χ1v) is 10.4. The minimum atomic E-state index is -0.0888. The molecule has 2 aromatic heterocycles. The minimum Gasteiger partial charge on any atom is -0.488 e. The van der Waals surface area contributed by atoms with E-state index in [1.807, 2.05) is 55.1 Å². The van der Waals surface area contributed by atoms with Gasteiger partial charge in [0.1, 0.15) is 12.4 Å². The molecule has 0 aliphatic rings. The van der Waals surface area contributed by atoms with Gasteiger partial charge in [0.2, 0.25) is 0 Å². The fraction of sp³-hybridized carbons (Fsp3) is 0.300. The summed E-state index contributed by atoms with van der Waals surface area (Å²) in [6.45, 7) is 7.73. The second kappa shape index (κ2) is 8.71. The zero-order chi connectivity index (χ0) is 19.4. The molecule has 0 bridgehead atoms. The van der Waals surface area contributed by atoms with Crippen molar-refractivity contribution in [2.75, 3.05) is 0 Å². The average molecular weight is 448 g/mol. The predicted octanol–water partition coefficient (Wildman–Crippen LogP) is 4.85.